The van der Waals surface area contributed by atoms with E-state index in [1.54, 1.807) is 12.1 Å². The Morgan fingerprint density at radius 3 is 2.91 bits per heavy atom. The van der Waals surface area contributed by atoms with E-state index in [0.717, 1.165) is 17.3 Å². The summed E-state index contributed by atoms with van der Waals surface area (Å²) in [6.45, 7) is 1.13. The zero-order chi connectivity index (χ0) is 15.2. The molecule has 1 heterocycles. The van der Waals surface area contributed by atoms with E-state index in [2.05, 4.69) is 21.2 Å². The summed E-state index contributed by atoms with van der Waals surface area (Å²) in [5.74, 6) is 0.193. The molecule has 0 aromatic heterocycles. The second-order valence-corrected chi connectivity index (χ2v) is 5.64. The van der Waals surface area contributed by atoms with Gasteiger partial charge in [0, 0.05) is 11.0 Å². The van der Waals surface area contributed by atoms with Gasteiger partial charge < -0.3 is 15.8 Å². The number of unbranched alkanes of at least 4 members (excludes halogenated alkanes) is 1. The molecule has 122 valence electrons. The first-order chi connectivity index (χ1) is 10.1. The standard InChI is InChI=1S/C14H18BrN3O3.ClH/c15-10-3-4-11-12(7-10)21-9-14(20)18(11)8-13(19)17-6-2-1-5-16;/h3-4,7H,1-2,5-6,8-9,16H2,(H,17,19);1H. The molecule has 8 heteroatoms. The predicted molar refractivity (Wildman–Crippen MR) is 90.5 cm³/mol. The molecule has 1 aliphatic rings. The van der Waals surface area contributed by atoms with Gasteiger partial charge in [-0.2, -0.15) is 0 Å². The molecule has 0 atom stereocenters. The van der Waals surface area contributed by atoms with Gasteiger partial charge in [-0.1, -0.05) is 15.9 Å². The van der Waals surface area contributed by atoms with Crippen molar-refractivity contribution in [2.75, 3.05) is 31.1 Å². The lowest BCUT2D eigenvalue weighted by Gasteiger charge is -2.29. The van der Waals surface area contributed by atoms with E-state index in [9.17, 15) is 9.59 Å². The maximum Gasteiger partial charge on any atom is 0.265 e. The third-order valence-corrected chi connectivity index (χ3v) is 3.61. The summed E-state index contributed by atoms with van der Waals surface area (Å²) in [6, 6.07) is 5.36. The zero-order valence-corrected chi connectivity index (χ0v) is 14.4. The van der Waals surface area contributed by atoms with Crippen LogP contribution in [0.2, 0.25) is 0 Å². The molecule has 0 spiro atoms. The lowest BCUT2D eigenvalue weighted by molar-refractivity contribution is -0.125. The average molecular weight is 393 g/mol. The summed E-state index contributed by atoms with van der Waals surface area (Å²) >= 11 is 3.35. The number of amides is 2. The van der Waals surface area contributed by atoms with E-state index in [1.165, 1.54) is 4.90 Å². The van der Waals surface area contributed by atoms with Crippen LogP contribution in [-0.4, -0.2) is 38.1 Å². The van der Waals surface area contributed by atoms with Crippen LogP contribution in [0.25, 0.3) is 0 Å². The van der Waals surface area contributed by atoms with Crippen LogP contribution in [0, 0.1) is 0 Å². The largest absolute Gasteiger partial charge is 0.482 e. The molecule has 0 fully saturated rings. The SMILES string of the molecule is Cl.NCCCCNC(=O)CN1C(=O)COc2cc(Br)ccc21. The number of halogens is 2. The first kappa shape index (κ1) is 18.7. The topological polar surface area (TPSA) is 84.7 Å². The molecule has 1 aromatic carbocycles. The van der Waals surface area contributed by atoms with Crippen molar-refractivity contribution in [1.29, 1.82) is 0 Å². The maximum atomic E-state index is 11.9. The molecule has 0 bridgehead atoms. The van der Waals surface area contributed by atoms with Gasteiger partial charge in [0.05, 0.1) is 5.69 Å². The van der Waals surface area contributed by atoms with E-state index >= 15 is 0 Å². The number of carbonyl (C=O) groups excluding carboxylic acids is 2. The third-order valence-electron chi connectivity index (χ3n) is 3.12. The molecule has 1 aromatic rings. The van der Waals surface area contributed by atoms with Crippen molar-refractivity contribution in [3.05, 3.63) is 22.7 Å². The minimum atomic E-state index is -0.220. The Balaban J connectivity index is 0.00000242. The second kappa shape index (κ2) is 8.97. The number of nitrogens with one attached hydrogen (secondary N) is 1. The van der Waals surface area contributed by atoms with E-state index < -0.39 is 0 Å². The van der Waals surface area contributed by atoms with Gasteiger partial charge in [-0.05, 0) is 37.6 Å². The van der Waals surface area contributed by atoms with Gasteiger partial charge in [0.15, 0.2) is 6.61 Å². The molecule has 0 saturated heterocycles. The van der Waals surface area contributed by atoms with Gasteiger partial charge >= 0.3 is 0 Å². The summed E-state index contributed by atoms with van der Waals surface area (Å²) < 4.78 is 6.24. The minimum Gasteiger partial charge on any atom is -0.482 e. The van der Waals surface area contributed by atoms with Gasteiger partial charge in [-0.25, -0.2) is 0 Å². The van der Waals surface area contributed by atoms with Crippen molar-refractivity contribution in [3.8, 4) is 5.75 Å². The van der Waals surface area contributed by atoms with Gasteiger partial charge in [0.2, 0.25) is 5.91 Å². The summed E-state index contributed by atoms with van der Waals surface area (Å²) in [6.07, 6.45) is 1.70. The number of hydrogen-bond donors (Lipinski definition) is 2. The number of hydrogen-bond acceptors (Lipinski definition) is 4. The Morgan fingerprint density at radius 2 is 2.18 bits per heavy atom. The van der Waals surface area contributed by atoms with E-state index in [-0.39, 0.29) is 37.4 Å². The number of fused-ring (bicyclic) bond motifs is 1. The lowest BCUT2D eigenvalue weighted by atomic mass is 10.2. The molecule has 3 N–H and O–H groups in total. The molecule has 2 amide bonds. The molecule has 6 nitrogen and oxygen atoms in total. The number of nitrogens with two attached hydrogens (primary N) is 1. The Bertz CT molecular complexity index is 542. The van der Waals surface area contributed by atoms with Gasteiger partial charge in [0.25, 0.3) is 5.91 Å². The Hall–Kier alpha value is -1.31. The summed E-state index contributed by atoms with van der Waals surface area (Å²) in [5.41, 5.74) is 6.01. The molecular weight excluding hydrogens is 374 g/mol. The van der Waals surface area contributed by atoms with Crippen molar-refractivity contribution < 1.29 is 14.3 Å². The Kier molecular flexibility index (Phi) is 7.64. The van der Waals surface area contributed by atoms with Crippen molar-refractivity contribution in [1.82, 2.24) is 5.32 Å². The van der Waals surface area contributed by atoms with E-state index in [4.69, 9.17) is 10.5 Å². The third kappa shape index (κ3) is 4.86. The second-order valence-electron chi connectivity index (χ2n) is 4.73. The number of carbonyl (C=O) groups is 2. The minimum absolute atomic E-state index is 0. The highest BCUT2D eigenvalue weighted by Crippen LogP contribution is 2.34. The number of nitrogens with zero attached hydrogens (tertiary/aromatic N) is 1. The van der Waals surface area contributed by atoms with Crippen LogP contribution >= 0.6 is 28.3 Å². The molecule has 0 unspecified atom stereocenters. The lowest BCUT2D eigenvalue weighted by Crippen LogP contribution is -2.45. The summed E-state index contributed by atoms with van der Waals surface area (Å²) in [4.78, 5) is 25.3. The van der Waals surface area contributed by atoms with Crippen molar-refractivity contribution in [3.63, 3.8) is 0 Å². The van der Waals surface area contributed by atoms with Crippen LogP contribution in [-0.2, 0) is 9.59 Å². The smallest absolute Gasteiger partial charge is 0.265 e. The molecule has 1 aliphatic heterocycles. The fraction of sp³-hybridized carbons (Fsp3) is 0.429. The Labute approximate surface area is 143 Å². The van der Waals surface area contributed by atoms with Gasteiger partial charge in [-0.3, -0.25) is 14.5 Å². The number of ether oxygens (including phenoxy) is 1. The number of anilines is 1. The molecule has 22 heavy (non-hydrogen) atoms. The predicted octanol–water partition coefficient (Wildman–Crippen LogP) is 1.45. The fourth-order valence-corrected chi connectivity index (χ4v) is 2.39. The molecule has 2 rings (SSSR count). The monoisotopic (exact) mass is 391 g/mol. The van der Waals surface area contributed by atoms with Crippen molar-refractivity contribution >= 4 is 45.8 Å². The van der Waals surface area contributed by atoms with Gasteiger partial charge in [-0.15, -0.1) is 12.4 Å². The van der Waals surface area contributed by atoms with E-state index in [0.29, 0.717) is 24.5 Å². The molecule has 0 aliphatic carbocycles. The van der Waals surface area contributed by atoms with E-state index in [1.807, 2.05) is 6.07 Å². The van der Waals surface area contributed by atoms with Gasteiger partial charge in [0.1, 0.15) is 12.3 Å². The highest BCUT2D eigenvalue weighted by molar-refractivity contribution is 9.10. The van der Waals surface area contributed by atoms with Crippen LogP contribution in [0.5, 0.6) is 5.75 Å². The fourth-order valence-electron chi connectivity index (χ4n) is 2.05. The quantitative estimate of drug-likeness (QED) is 0.718. The first-order valence-corrected chi connectivity index (χ1v) is 7.60. The Morgan fingerprint density at radius 1 is 1.41 bits per heavy atom. The van der Waals surface area contributed by atoms with Crippen LogP contribution in [0.4, 0.5) is 5.69 Å². The van der Waals surface area contributed by atoms with Crippen molar-refractivity contribution in [2.24, 2.45) is 5.73 Å². The van der Waals surface area contributed by atoms with Crippen molar-refractivity contribution in [2.45, 2.75) is 12.8 Å². The van der Waals surface area contributed by atoms with Crippen LogP contribution in [0.3, 0.4) is 0 Å². The zero-order valence-electron chi connectivity index (χ0n) is 12.0. The molecule has 0 saturated carbocycles. The highest BCUT2D eigenvalue weighted by atomic mass is 79.9. The van der Waals surface area contributed by atoms with Crippen LogP contribution < -0.4 is 20.7 Å². The first-order valence-electron chi connectivity index (χ1n) is 6.81. The molecule has 0 radical (unpaired) electrons. The average Bonchev–Trinajstić information content (AvgIpc) is 2.46. The number of benzene rings is 1. The highest BCUT2D eigenvalue weighted by Gasteiger charge is 2.27. The maximum absolute atomic E-state index is 11.9. The molecular formula is C14H19BrClN3O3. The number of rotatable bonds is 6. The van der Waals surface area contributed by atoms with Crippen LogP contribution in [0.1, 0.15) is 12.8 Å². The summed E-state index contributed by atoms with van der Waals surface area (Å²) in [7, 11) is 0. The normalized spacial score (nSPS) is 13.0. The summed E-state index contributed by atoms with van der Waals surface area (Å²) in [5, 5.41) is 2.79. The van der Waals surface area contributed by atoms with Crippen LogP contribution in [0.15, 0.2) is 22.7 Å².